The monoisotopic (exact) mass is 765 g/mol. The molecule has 0 spiro atoms. The van der Waals surface area contributed by atoms with E-state index in [0.717, 1.165) is 70.6 Å². The van der Waals surface area contributed by atoms with Crippen LogP contribution < -0.4 is 0 Å². The van der Waals surface area contributed by atoms with Gasteiger partial charge in [0.2, 0.25) is 0 Å². The minimum Gasteiger partial charge on any atom is -0.462 e. The lowest BCUT2D eigenvalue weighted by atomic mass is 10.0. The Hall–Kier alpha value is -2.25. The molecule has 2 N–H and O–H groups in total. The fourth-order valence-electron chi connectivity index (χ4n) is 5.69. The maximum atomic E-state index is 12.4. The van der Waals surface area contributed by atoms with E-state index in [1.54, 1.807) is 0 Å². The summed E-state index contributed by atoms with van der Waals surface area (Å²) >= 11 is 0. The van der Waals surface area contributed by atoms with E-state index in [1.165, 1.54) is 83.5 Å². The smallest absolute Gasteiger partial charge is 0.462 e. The first kappa shape index (κ1) is 50.8. The van der Waals surface area contributed by atoms with Gasteiger partial charge in [-0.05, 0) is 57.8 Å². The summed E-state index contributed by atoms with van der Waals surface area (Å²) in [5, 5.41) is 0. The summed E-state index contributed by atoms with van der Waals surface area (Å²) in [6, 6.07) is 0. The summed E-state index contributed by atoms with van der Waals surface area (Å²) in [7, 11) is -4.76. The summed E-state index contributed by atoms with van der Waals surface area (Å²) in [4.78, 5) is 42.8. The minimum absolute atomic E-state index is 0.172. The van der Waals surface area contributed by atoms with E-state index in [9.17, 15) is 14.2 Å². The Morgan fingerprint density at radius 3 is 1.36 bits per heavy atom. The van der Waals surface area contributed by atoms with Gasteiger partial charge in [0.25, 0.3) is 0 Å². The first-order chi connectivity index (χ1) is 25.8. The Bertz CT molecular complexity index is 1040. The summed E-state index contributed by atoms with van der Waals surface area (Å²) in [6.45, 7) is 3.55. The highest BCUT2D eigenvalue weighted by Crippen LogP contribution is 2.36. The van der Waals surface area contributed by atoms with Gasteiger partial charge in [-0.25, -0.2) is 4.57 Å². The molecular weight excluding hydrogens is 687 g/mol. The molecule has 0 bridgehead atoms. The van der Waals surface area contributed by atoms with Crippen molar-refractivity contribution in [3.05, 3.63) is 60.8 Å². The van der Waals surface area contributed by atoms with Crippen LogP contribution in [0.5, 0.6) is 0 Å². The predicted molar refractivity (Wildman–Crippen MR) is 221 cm³/mol. The molecule has 0 fully saturated rings. The minimum atomic E-state index is -4.76. The number of ether oxygens (including phenoxy) is 2. The molecule has 0 aromatic carbocycles. The van der Waals surface area contributed by atoms with E-state index in [0.29, 0.717) is 6.42 Å². The number of carbonyl (C=O) groups excluding carboxylic acids is 2. The van der Waals surface area contributed by atoms with Crippen LogP contribution in [-0.4, -0.2) is 41.0 Å². The van der Waals surface area contributed by atoms with Crippen LogP contribution in [0.4, 0.5) is 0 Å². The van der Waals surface area contributed by atoms with Gasteiger partial charge in [-0.2, -0.15) is 0 Å². The molecule has 0 aliphatic heterocycles. The van der Waals surface area contributed by atoms with Crippen molar-refractivity contribution in [3.8, 4) is 0 Å². The molecule has 0 unspecified atom stereocenters. The lowest BCUT2D eigenvalue weighted by Gasteiger charge is -2.18. The highest BCUT2D eigenvalue weighted by atomic mass is 31.2. The van der Waals surface area contributed by atoms with Gasteiger partial charge in [-0.3, -0.25) is 14.1 Å². The molecule has 0 rings (SSSR count). The zero-order chi connectivity index (χ0) is 38.9. The van der Waals surface area contributed by atoms with Gasteiger partial charge in [0, 0.05) is 12.8 Å². The third kappa shape index (κ3) is 42.4. The lowest BCUT2D eigenvalue weighted by Crippen LogP contribution is -2.29. The Labute approximate surface area is 324 Å². The molecule has 53 heavy (non-hydrogen) atoms. The quantitative estimate of drug-likeness (QED) is 0.0276. The fraction of sp³-hybridized carbons (Fsp3) is 0.727. The van der Waals surface area contributed by atoms with Crippen LogP contribution in [0.2, 0.25) is 0 Å². The zero-order valence-electron chi connectivity index (χ0n) is 33.6. The van der Waals surface area contributed by atoms with Crippen LogP contribution in [-0.2, 0) is 28.2 Å². The molecule has 1 atom stereocenters. The number of rotatable bonds is 38. The van der Waals surface area contributed by atoms with Crippen LogP contribution in [0.3, 0.4) is 0 Å². The van der Waals surface area contributed by atoms with E-state index in [2.05, 4.69) is 79.1 Å². The van der Waals surface area contributed by atoms with Crippen LogP contribution in [0.25, 0.3) is 0 Å². The number of hydrogen-bond acceptors (Lipinski definition) is 6. The Kier molecular flexibility index (Phi) is 37.8. The van der Waals surface area contributed by atoms with E-state index in [-0.39, 0.29) is 19.4 Å². The van der Waals surface area contributed by atoms with E-state index >= 15 is 0 Å². The van der Waals surface area contributed by atoms with Crippen molar-refractivity contribution >= 4 is 19.8 Å². The molecule has 0 amide bonds. The standard InChI is InChI=1S/C44H77O8P/c1-3-5-7-9-11-13-15-17-19-21-22-23-25-27-29-31-33-35-37-39-44(46)52-42(41-51-53(47,48)49)40-50-43(45)38-36-34-32-30-28-26-24-20-18-16-14-12-10-8-6-4-2/h5,7,11,13,17,19,22-23,27,29,42H,3-4,6,8-10,12,14-16,18,20-21,24-26,28,30-41H2,1-2H3,(H2,47,48,49)/b7-5+,13-11+,19-17+,23-22+,29-27+/t42-/m1/s1. The van der Waals surface area contributed by atoms with Gasteiger partial charge in [0.15, 0.2) is 6.10 Å². The Morgan fingerprint density at radius 1 is 0.509 bits per heavy atom. The molecule has 0 aliphatic carbocycles. The van der Waals surface area contributed by atoms with Gasteiger partial charge >= 0.3 is 19.8 Å². The van der Waals surface area contributed by atoms with Gasteiger partial charge in [0.05, 0.1) is 6.61 Å². The number of phosphoric acid groups is 1. The lowest BCUT2D eigenvalue weighted by molar-refractivity contribution is -0.161. The highest BCUT2D eigenvalue weighted by Gasteiger charge is 2.22. The second-order valence-electron chi connectivity index (χ2n) is 13.9. The summed E-state index contributed by atoms with van der Waals surface area (Å²) < 4.78 is 26.4. The normalized spacial score (nSPS) is 13.1. The Balaban J connectivity index is 3.99. The molecular formula is C44H77O8P. The molecule has 0 aliphatic rings. The van der Waals surface area contributed by atoms with Crippen molar-refractivity contribution in [3.63, 3.8) is 0 Å². The summed E-state index contributed by atoms with van der Waals surface area (Å²) in [5.74, 6) is -0.921. The maximum Gasteiger partial charge on any atom is 0.469 e. The molecule has 8 nitrogen and oxygen atoms in total. The average molecular weight is 765 g/mol. The second-order valence-corrected chi connectivity index (χ2v) is 15.2. The number of hydrogen-bond donors (Lipinski definition) is 2. The first-order valence-electron chi connectivity index (χ1n) is 21.1. The van der Waals surface area contributed by atoms with Crippen molar-refractivity contribution in [2.75, 3.05) is 13.2 Å². The molecule has 0 radical (unpaired) electrons. The number of esters is 2. The topological polar surface area (TPSA) is 119 Å². The Morgan fingerprint density at radius 2 is 0.906 bits per heavy atom. The first-order valence-corrected chi connectivity index (χ1v) is 22.6. The van der Waals surface area contributed by atoms with E-state index in [1.807, 2.05) is 0 Å². The van der Waals surface area contributed by atoms with E-state index in [4.69, 9.17) is 19.3 Å². The second kappa shape index (κ2) is 39.4. The van der Waals surface area contributed by atoms with Gasteiger partial charge < -0.3 is 19.3 Å². The maximum absolute atomic E-state index is 12.4. The van der Waals surface area contributed by atoms with Crippen LogP contribution in [0, 0.1) is 0 Å². The SMILES string of the molecule is CC/C=C/C/C=C/C/C=C/C/C=C/C/C=C/CCCCCC(=O)O[C@H](COC(=O)CCCCCCCCCCCCCCCCCC)COP(=O)(O)O. The molecule has 0 aromatic heterocycles. The molecule has 0 saturated heterocycles. The van der Waals surface area contributed by atoms with Crippen LogP contribution in [0.1, 0.15) is 187 Å². The molecule has 9 heteroatoms. The summed E-state index contributed by atoms with van der Waals surface area (Å²) in [6.07, 6.45) is 49.4. The third-order valence-electron chi connectivity index (χ3n) is 8.80. The fourth-order valence-corrected chi connectivity index (χ4v) is 6.05. The number of unbranched alkanes of at least 4 members (excludes halogenated alkanes) is 18. The van der Waals surface area contributed by atoms with E-state index < -0.39 is 32.5 Å². The largest absolute Gasteiger partial charge is 0.469 e. The van der Waals surface area contributed by atoms with Crippen molar-refractivity contribution < 1.29 is 37.9 Å². The van der Waals surface area contributed by atoms with Gasteiger partial charge in [-0.1, -0.05) is 177 Å². The number of allylic oxidation sites excluding steroid dienone is 10. The molecule has 0 saturated carbocycles. The van der Waals surface area contributed by atoms with Crippen molar-refractivity contribution in [2.24, 2.45) is 0 Å². The predicted octanol–water partition coefficient (Wildman–Crippen LogP) is 12.9. The average Bonchev–Trinajstić information content (AvgIpc) is 3.13. The van der Waals surface area contributed by atoms with Crippen molar-refractivity contribution in [2.45, 2.75) is 193 Å². The van der Waals surface area contributed by atoms with Gasteiger partial charge in [0.1, 0.15) is 6.61 Å². The third-order valence-corrected chi connectivity index (χ3v) is 9.29. The van der Waals surface area contributed by atoms with Crippen LogP contribution in [0.15, 0.2) is 60.8 Å². The molecule has 306 valence electrons. The van der Waals surface area contributed by atoms with Gasteiger partial charge in [-0.15, -0.1) is 0 Å². The highest BCUT2D eigenvalue weighted by molar-refractivity contribution is 7.46. The summed E-state index contributed by atoms with van der Waals surface area (Å²) in [5.41, 5.74) is 0. The number of phosphoric ester groups is 1. The molecule has 0 aromatic rings. The number of carbonyl (C=O) groups is 2. The molecule has 0 heterocycles. The zero-order valence-corrected chi connectivity index (χ0v) is 34.5. The van der Waals surface area contributed by atoms with Crippen molar-refractivity contribution in [1.29, 1.82) is 0 Å². The van der Waals surface area contributed by atoms with Crippen LogP contribution >= 0.6 is 7.82 Å². The van der Waals surface area contributed by atoms with Crippen molar-refractivity contribution in [1.82, 2.24) is 0 Å².